The van der Waals surface area contributed by atoms with E-state index in [0.717, 1.165) is 21.3 Å². The van der Waals surface area contributed by atoms with E-state index in [4.69, 9.17) is 14.5 Å². The molecule has 1 atom stereocenters. The van der Waals surface area contributed by atoms with Gasteiger partial charge >= 0.3 is 5.91 Å². The SMILES string of the molecule is C=CCOc1ccc(C2/C(=C(\O)c3ccc(OCC)cc3)C(=O)C(=O)N2c2nc3c(C)cc(C)cc3s2)cc1. The highest BCUT2D eigenvalue weighted by Gasteiger charge is 2.48. The summed E-state index contributed by atoms with van der Waals surface area (Å²) >= 11 is 1.34. The third kappa shape index (κ3) is 4.91. The van der Waals surface area contributed by atoms with Gasteiger partial charge in [-0.3, -0.25) is 14.5 Å². The first-order chi connectivity index (χ1) is 18.8. The minimum atomic E-state index is -0.882. The average molecular weight is 541 g/mol. The second-order valence-electron chi connectivity index (χ2n) is 9.22. The van der Waals surface area contributed by atoms with Crippen LogP contribution >= 0.6 is 11.3 Å². The van der Waals surface area contributed by atoms with Gasteiger partial charge in [-0.1, -0.05) is 42.2 Å². The van der Waals surface area contributed by atoms with Crippen LogP contribution in [0.5, 0.6) is 11.5 Å². The van der Waals surface area contributed by atoms with Crippen molar-refractivity contribution in [1.29, 1.82) is 0 Å². The molecule has 4 aromatic rings. The first-order valence-electron chi connectivity index (χ1n) is 12.6. The number of Topliss-reactive ketones (excluding diaryl/α,β-unsaturated/α-hetero) is 1. The largest absolute Gasteiger partial charge is 0.507 e. The van der Waals surface area contributed by atoms with Gasteiger partial charge in [-0.25, -0.2) is 4.98 Å². The molecule has 1 amide bonds. The number of carbonyl (C=O) groups excluding carboxylic acids is 2. The fraction of sp³-hybridized carbons (Fsp3) is 0.194. The van der Waals surface area contributed by atoms with E-state index in [9.17, 15) is 14.7 Å². The average Bonchev–Trinajstić information content (AvgIpc) is 3.46. The molecule has 0 radical (unpaired) electrons. The number of benzene rings is 3. The van der Waals surface area contributed by atoms with Crippen molar-refractivity contribution in [1.82, 2.24) is 4.98 Å². The fourth-order valence-corrected chi connectivity index (χ4v) is 5.91. The number of anilines is 1. The summed E-state index contributed by atoms with van der Waals surface area (Å²) in [5, 5.41) is 11.8. The number of hydrogen-bond donors (Lipinski definition) is 1. The quantitative estimate of drug-likeness (QED) is 0.119. The molecular formula is C31H28N2O5S. The minimum Gasteiger partial charge on any atom is -0.507 e. The van der Waals surface area contributed by atoms with Crippen LogP contribution in [0.3, 0.4) is 0 Å². The number of rotatable bonds is 8. The summed E-state index contributed by atoms with van der Waals surface area (Å²) in [6.07, 6.45) is 1.65. The maximum Gasteiger partial charge on any atom is 0.301 e. The van der Waals surface area contributed by atoms with E-state index in [1.54, 1.807) is 54.6 Å². The zero-order chi connectivity index (χ0) is 27.7. The highest BCUT2D eigenvalue weighted by molar-refractivity contribution is 7.22. The number of nitrogens with zero attached hydrogens (tertiary/aromatic N) is 2. The summed E-state index contributed by atoms with van der Waals surface area (Å²) in [5.74, 6) is -0.517. The number of aromatic nitrogens is 1. The van der Waals surface area contributed by atoms with Gasteiger partial charge in [0, 0.05) is 5.56 Å². The second kappa shape index (κ2) is 10.7. The highest BCUT2D eigenvalue weighted by atomic mass is 32.1. The predicted molar refractivity (Wildman–Crippen MR) is 154 cm³/mol. The normalized spacial score (nSPS) is 16.6. The van der Waals surface area contributed by atoms with Gasteiger partial charge in [0.2, 0.25) is 0 Å². The summed E-state index contributed by atoms with van der Waals surface area (Å²) in [6.45, 7) is 10.4. The molecular weight excluding hydrogens is 512 g/mol. The summed E-state index contributed by atoms with van der Waals surface area (Å²) in [5.41, 5.74) is 3.89. The Hall–Kier alpha value is -4.43. The van der Waals surface area contributed by atoms with Crippen molar-refractivity contribution >= 4 is 44.1 Å². The molecule has 39 heavy (non-hydrogen) atoms. The molecule has 0 aliphatic carbocycles. The third-order valence-electron chi connectivity index (χ3n) is 6.47. The van der Waals surface area contributed by atoms with Crippen molar-refractivity contribution in [2.75, 3.05) is 18.1 Å². The number of thiazole rings is 1. The van der Waals surface area contributed by atoms with Crippen molar-refractivity contribution in [2.24, 2.45) is 0 Å². The van der Waals surface area contributed by atoms with Crippen LogP contribution in [0.2, 0.25) is 0 Å². The van der Waals surface area contributed by atoms with Crippen molar-refractivity contribution in [3.05, 3.63) is 101 Å². The van der Waals surface area contributed by atoms with Gasteiger partial charge in [0.15, 0.2) is 5.13 Å². The Labute approximate surface area is 230 Å². The zero-order valence-corrected chi connectivity index (χ0v) is 22.7. The molecule has 1 saturated heterocycles. The predicted octanol–water partition coefficient (Wildman–Crippen LogP) is 6.50. The number of fused-ring (bicyclic) bond motifs is 1. The molecule has 1 aliphatic rings. The van der Waals surface area contributed by atoms with E-state index >= 15 is 0 Å². The highest BCUT2D eigenvalue weighted by Crippen LogP contribution is 2.45. The number of aliphatic hydroxyl groups is 1. The first kappa shape index (κ1) is 26.2. The molecule has 0 bridgehead atoms. The molecule has 7 nitrogen and oxygen atoms in total. The Morgan fingerprint density at radius 3 is 2.38 bits per heavy atom. The molecule has 1 N–H and O–H groups in total. The maximum absolute atomic E-state index is 13.6. The number of amides is 1. The topological polar surface area (TPSA) is 89.0 Å². The Balaban J connectivity index is 1.66. The van der Waals surface area contributed by atoms with Gasteiger partial charge in [-0.2, -0.15) is 0 Å². The van der Waals surface area contributed by atoms with Gasteiger partial charge < -0.3 is 14.6 Å². The van der Waals surface area contributed by atoms with Gasteiger partial charge in [-0.05, 0) is 79.9 Å². The summed E-state index contributed by atoms with van der Waals surface area (Å²) in [7, 11) is 0. The van der Waals surface area contributed by atoms with Gasteiger partial charge in [0.25, 0.3) is 5.78 Å². The van der Waals surface area contributed by atoms with Crippen LogP contribution in [0.15, 0.2) is 78.9 Å². The van der Waals surface area contributed by atoms with Gasteiger partial charge in [0.05, 0.1) is 28.4 Å². The number of ketones is 1. The molecule has 5 rings (SSSR count). The van der Waals surface area contributed by atoms with Crippen LogP contribution in [0.25, 0.3) is 16.0 Å². The molecule has 1 aliphatic heterocycles. The van der Waals surface area contributed by atoms with E-state index in [2.05, 4.69) is 6.58 Å². The molecule has 3 aromatic carbocycles. The fourth-order valence-electron chi connectivity index (χ4n) is 4.74. The molecule has 0 spiro atoms. The summed E-state index contributed by atoms with van der Waals surface area (Å²) in [6, 6.07) is 17.0. The first-order valence-corrected chi connectivity index (χ1v) is 13.4. The molecule has 1 aromatic heterocycles. The van der Waals surface area contributed by atoms with E-state index in [1.807, 2.05) is 32.9 Å². The Morgan fingerprint density at radius 1 is 1.05 bits per heavy atom. The summed E-state index contributed by atoms with van der Waals surface area (Å²) < 4.78 is 12.0. The van der Waals surface area contributed by atoms with Gasteiger partial charge in [0.1, 0.15) is 23.9 Å². The Kier molecular flexibility index (Phi) is 7.21. The van der Waals surface area contributed by atoms with E-state index in [0.29, 0.717) is 41.0 Å². The van der Waals surface area contributed by atoms with Crippen molar-refractivity contribution in [3.8, 4) is 11.5 Å². The minimum absolute atomic E-state index is 0.00363. The van der Waals surface area contributed by atoms with Crippen LogP contribution in [0, 0.1) is 13.8 Å². The third-order valence-corrected chi connectivity index (χ3v) is 7.47. The van der Waals surface area contributed by atoms with Crippen LogP contribution in [0.4, 0.5) is 5.13 Å². The number of hydrogen-bond acceptors (Lipinski definition) is 7. The van der Waals surface area contributed by atoms with E-state index in [1.165, 1.54) is 16.2 Å². The lowest BCUT2D eigenvalue weighted by atomic mass is 9.95. The standard InChI is InChI=1S/C31H28N2O5S/c1-5-15-38-23-11-7-20(8-12-23)27-25(28(34)21-9-13-22(14-10-21)37-6-2)29(35)30(36)33(27)31-32-26-19(4)16-18(3)17-24(26)39-31/h5,7-14,16-17,27,34H,1,6,15H2,2-4H3/b28-25+. The van der Waals surface area contributed by atoms with E-state index in [-0.39, 0.29) is 11.3 Å². The monoisotopic (exact) mass is 540 g/mol. The molecule has 8 heteroatoms. The van der Waals surface area contributed by atoms with Crippen molar-refractivity contribution in [2.45, 2.75) is 26.8 Å². The smallest absolute Gasteiger partial charge is 0.301 e. The second-order valence-corrected chi connectivity index (χ2v) is 10.2. The van der Waals surface area contributed by atoms with Crippen LogP contribution in [0.1, 0.15) is 35.2 Å². The number of carbonyl (C=O) groups is 2. The maximum atomic E-state index is 13.6. The molecule has 2 heterocycles. The lowest BCUT2D eigenvalue weighted by molar-refractivity contribution is -0.132. The molecule has 1 fully saturated rings. The Morgan fingerprint density at radius 2 is 1.72 bits per heavy atom. The molecule has 0 saturated carbocycles. The number of aliphatic hydroxyl groups excluding tert-OH is 1. The number of ether oxygens (including phenoxy) is 2. The lowest BCUT2D eigenvalue weighted by Crippen LogP contribution is -2.29. The lowest BCUT2D eigenvalue weighted by Gasteiger charge is -2.23. The number of aryl methyl sites for hydroxylation is 2. The summed E-state index contributed by atoms with van der Waals surface area (Å²) in [4.78, 5) is 33.2. The van der Waals surface area contributed by atoms with Crippen LogP contribution < -0.4 is 14.4 Å². The molecule has 1 unspecified atom stereocenters. The Bertz CT molecular complexity index is 1600. The zero-order valence-electron chi connectivity index (χ0n) is 21.9. The van der Waals surface area contributed by atoms with Crippen molar-refractivity contribution in [3.63, 3.8) is 0 Å². The van der Waals surface area contributed by atoms with Crippen LogP contribution in [-0.2, 0) is 9.59 Å². The van der Waals surface area contributed by atoms with E-state index < -0.39 is 17.7 Å². The van der Waals surface area contributed by atoms with Gasteiger partial charge in [-0.15, -0.1) is 0 Å². The van der Waals surface area contributed by atoms with Crippen molar-refractivity contribution < 1.29 is 24.2 Å². The molecule has 198 valence electrons. The van der Waals surface area contributed by atoms with Crippen LogP contribution in [-0.4, -0.2) is 35.0 Å².